The highest BCUT2D eigenvalue weighted by Gasteiger charge is 2.25. The van der Waals surface area contributed by atoms with Crippen LogP contribution >= 0.6 is 0 Å². The zero-order valence-electron chi connectivity index (χ0n) is 16.2. The normalized spacial score (nSPS) is 15.6. The van der Waals surface area contributed by atoms with Crippen LogP contribution in [0.1, 0.15) is 30.9 Å². The molecule has 0 saturated carbocycles. The van der Waals surface area contributed by atoms with E-state index in [0.29, 0.717) is 12.3 Å². The first-order valence-corrected chi connectivity index (χ1v) is 9.69. The van der Waals surface area contributed by atoms with E-state index in [9.17, 15) is 9.18 Å². The molecule has 0 aliphatic carbocycles. The molecule has 0 bridgehead atoms. The second-order valence-corrected chi connectivity index (χ2v) is 6.90. The first-order valence-electron chi connectivity index (χ1n) is 9.69. The third-order valence-corrected chi connectivity index (χ3v) is 5.01. The Morgan fingerprint density at radius 2 is 1.82 bits per heavy atom. The van der Waals surface area contributed by atoms with Crippen molar-refractivity contribution in [3.63, 3.8) is 0 Å². The number of para-hydroxylation sites is 1. The molecule has 6 heteroatoms. The van der Waals surface area contributed by atoms with Crippen LogP contribution in [0, 0.1) is 5.82 Å². The van der Waals surface area contributed by atoms with Crippen LogP contribution in [0.2, 0.25) is 0 Å². The molecule has 1 atom stereocenters. The fourth-order valence-electron chi connectivity index (χ4n) is 3.55. The van der Waals surface area contributed by atoms with E-state index in [4.69, 9.17) is 9.47 Å². The summed E-state index contributed by atoms with van der Waals surface area (Å²) in [6, 6.07) is 13.6. The molecule has 1 fully saturated rings. The van der Waals surface area contributed by atoms with Crippen LogP contribution in [0.15, 0.2) is 48.5 Å². The van der Waals surface area contributed by atoms with Gasteiger partial charge in [0, 0.05) is 12.1 Å². The number of benzene rings is 2. The highest BCUT2D eigenvalue weighted by Crippen LogP contribution is 2.30. The number of carbonyl (C=O) groups excluding carboxylic acids is 1. The third kappa shape index (κ3) is 5.45. The molecule has 0 aromatic heterocycles. The van der Waals surface area contributed by atoms with Crippen molar-refractivity contribution in [2.45, 2.75) is 25.3 Å². The second-order valence-electron chi connectivity index (χ2n) is 6.90. The van der Waals surface area contributed by atoms with Crippen LogP contribution < -0.4 is 14.8 Å². The van der Waals surface area contributed by atoms with E-state index in [1.54, 1.807) is 7.11 Å². The van der Waals surface area contributed by atoms with Gasteiger partial charge in [-0.05, 0) is 56.3 Å². The number of methoxy groups -OCH3 is 1. The first-order chi connectivity index (χ1) is 13.7. The molecule has 1 saturated heterocycles. The molecular formula is C22H27FN2O3. The lowest BCUT2D eigenvalue weighted by Gasteiger charge is -2.35. The number of hydrogen-bond donors (Lipinski definition) is 1. The van der Waals surface area contributed by atoms with Gasteiger partial charge >= 0.3 is 0 Å². The van der Waals surface area contributed by atoms with Crippen molar-refractivity contribution < 1.29 is 18.7 Å². The largest absolute Gasteiger partial charge is 0.496 e. The topological polar surface area (TPSA) is 50.8 Å². The van der Waals surface area contributed by atoms with E-state index in [2.05, 4.69) is 16.3 Å². The molecule has 28 heavy (non-hydrogen) atoms. The Kier molecular flexibility index (Phi) is 7.25. The van der Waals surface area contributed by atoms with Gasteiger partial charge in [0.25, 0.3) is 5.91 Å². The Morgan fingerprint density at radius 1 is 1.11 bits per heavy atom. The van der Waals surface area contributed by atoms with Crippen molar-refractivity contribution >= 4 is 5.91 Å². The summed E-state index contributed by atoms with van der Waals surface area (Å²) in [4.78, 5) is 14.7. The van der Waals surface area contributed by atoms with Gasteiger partial charge in [-0.1, -0.05) is 24.6 Å². The third-order valence-electron chi connectivity index (χ3n) is 5.01. The van der Waals surface area contributed by atoms with Crippen LogP contribution in [0.3, 0.4) is 0 Å². The average Bonchev–Trinajstić information content (AvgIpc) is 2.74. The fourth-order valence-corrected chi connectivity index (χ4v) is 3.55. The number of halogens is 1. The van der Waals surface area contributed by atoms with E-state index in [0.717, 1.165) is 37.2 Å². The first kappa shape index (κ1) is 20.1. The van der Waals surface area contributed by atoms with Crippen LogP contribution in [-0.2, 0) is 4.79 Å². The van der Waals surface area contributed by atoms with Crippen molar-refractivity contribution in [3.05, 3.63) is 59.9 Å². The van der Waals surface area contributed by atoms with Gasteiger partial charge in [0.1, 0.15) is 17.3 Å². The summed E-state index contributed by atoms with van der Waals surface area (Å²) in [6.07, 6.45) is 3.56. The van der Waals surface area contributed by atoms with E-state index in [1.807, 2.05) is 18.2 Å². The molecule has 0 radical (unpaired) electrons. The molecule has 1 N–H and O–H groups in total. The smallest absolute Gasteiger partial charge is 0.258 e. The number of rotatable bonds is 8. The van der Waals surface area contributed by atoms with Gasteiger partial charge in [0.05, 0.1) is 13.2 Å². The summed E-state index contributed by atoms with van der Waals surface area (Å²) in [5.74, 6) is 0.753. The van der Waals surface area contributed by atoms with Gasteiger partial charge in [-0.25, -0.2) is 4.39 Å². The zero-order valence-corrected chi connectivity index (χ0v) is 16.2. The number of carbonyl (C=O) groups is 1. The van der Waals surface area contributed by atoms with Gasteiger partial charge < -0.3 is 14.8 Å². The molecule has 1 aliphatic rings. The predicted octanol–water partition coefficient (Wildman–Crippen LogP) is 3.56. The van der Waals surface area contributed by atoms with Crippen molar-refractivity contribution in [2.24, 2.45) is 0 Å². The van der Waals surface area contributed by atoms with Gasteiger partial charge in [-0.15, -0.1) is 0 Å². The summed E-state index contributed by atoms with van der Waals surface area (Å²) in [7, 11) is 1.67. The molecule has 0 spiro atoms. The summed E-state index contributed by atoms with van der Waals surface area (Å²) < 4.78 is 23.9. The molecule has 2 aromatic rings. The number of piperidine rings is 1. The maximum Gasteiger partial charge on any atom is 0.258 e. The molecule has 1 amide bonds. The van der Waals surface area contributed by atoms with Gasteiger partial charge in [-0.3, -0.25) is 9.69 Å². The standard InChI is InChI=1S/C22H27FN2O3/c1-27-21-8-4-3-7-19(21)20(25-13-5-2-6-14-25)15-24-22(26)16-28-18-11-9-17(23)10-12-18/h3-4,7-12,20H,2,5-6,13-16H2,1H3,(H,24,26). The Labute approximate surface area is 165 Å². The number of nitrogens with one attached hydrogen (secondary N) is 1. The number of ether oxygens (including phenoxy) is 2. The van der Waals surface area contributed by atoms with E-state index in [-0.39, 0.29) is 24.4 Å². The highest BCUT2D eigenvalue weighted by atomic mass is 19.1. The molecule has 150 valence electrons. The number of nitrogens with zero attached hydrogens (tertiary/aromatic N) is 1. The maximum atomic E-state index is 12.9. The molecule has 5 nitrogen and oxygen atoms in total. The van der Waals surface area contributed by atoms with Gasteiger partial charge in [-0.2, -0.15) is 0 Å². The zero-order chi connectivity index (χ0) is 19.8. The lowest BCUT2D eigenvalue weighted by molar-refractivity contribution is -0.123. The van der Waals surface area contributed by atoms with Crippen molar-refractivity contribution in [3.8, 4) is 11.5 Å². The SMILES string of the molecule is COc1ccccc1C(CNC(=O)COc1ccc(F)cc1)N1CCCCC1. The van der Waals surface area contributed by atoms with Crippen molar-refractivity contribution in [1.82, 2.24) is 10.2 Å². The van der Waals surface area contributed by atoms with Gasteiger partial charge in [0.15, 0.2) is 6.61 Å². The molecular weight excluding hydrogens is 359 g/mol. The lowest BCUT2D eigenvalue weighted by atomic mass is 10.0. The minimum atomic E-state index is -0.335. The minimum absolute atomic E-state index is 0.0474. The molecule has 1 unspecified atom stereocenters. The quantitative estimate of drug-likeness (QED) is 0.754. The van der Waals surface area contributed by atoms with Crippen molar-refractivity contribution in [1.29, 1.82) is 0 Å². The molecule has 2 aromatic carbocycles. The van der Waals surface area contributed by atoms with Gasteiger partial charge in [0.2, 0.25) is 0 Å². The Balaban J connectivity index is 1.62. The lowest BCUT2D eigenvalue weighted by Crippen LogP contribution is -2.41. The summed E-state index contributed by atoms with van der Waals surface area (Å²) >= 11 is 0. The Hall–Kier alpha value is -2.60. The van der Waals surface area contributed by atoms with E-state index < -0.39 is 0 Å². The van der Waals surface area contributed by atoms with Crippen molar-refractivity contribution in [2.75, 3.05) is 33.4 Å². The average molecular weight is 386 g/mol. The fraction of sp³-hybridized carbons (Fsp3) is 0.409. The monoisotopic (exact) mass is 386 g/mol. The number of amides is 1. The number of hydrogen-bond acceptors (Lipinski definition) is 4. The van der Waals surface area contributed by atoms with Crippen LogP contribution in [0.4, 0.5) is 4.39 Å². The molecule has 3 rings (SSSR count). The van der Waals surface area contributed by atoms with E-state index in [1.165, 1.54) is 30.7 Å². The minimum Gasteiger partial charge on any atom is -0.496 e. The molecule has 1 aliphatic heterocycles. The summed E-state index contributed by atoms with van der Waals surface area (Å²) in [6.45, 7) is 2.38. The van der Waals surface area contributed by atoms with Crippen LogP contribution in [0.25, 0.3) is 0 Å². The Morgan fingerprint density at radius 3 is 2.54 bits per heavy atom. The second kappa shape index (κ2) is 10.1. The summed E-state index contributed by atoms with van der Waals surface area (Å²) in [5.41, 5.74) is 1.08. The maximum absolute atomic E-state index is 12.9. The van der Waals surface area contributed by atoms with Crippen LogP contribution in [-0.4, -0.2) is 44.2 Å². The number of likely N-dealkylation sites (tertiary alicyclic amines) is 1. The highest BCUT2D eigenvalue weighted by molar-refractivity contribution is 5.77. The molecule has 1 heterocycles. The summed E-state index contributed by atoms with van der Waals surface area (Å²) in [5, 5.41) is 2.98. The van der Waals surface area contributed by atoms with Crippen LogP contribution in [0.5, 0.6) is 11.5 Å². The Bertz CT molecular complexity index is 761. The van der Waals surface area contributed by atoms with E-state index >= 15 is 0 Å². The predicted molar refractivity (Wildman–Crippen MR) is 106 cm³/mol.